The number of ether oxygens (including phenoxy) is 1. The van der Waals surface area contributed by atoms with Crippen molar-refractivity contribution < 1.29 is 27.1 Å². The molecule has 1 saturated heterocycles. The van der Waals surface area contributed by atoms with Crippen LogP contribution in [-0.2, 0) is 19.0 Å². The van der Waals surface area contributed by atoms with E-state index in [2.05, 4.69) is 5.32 Å². The zero-order chi connectivity index (χ0) is 15.6. The number of amides is 1. The number of hydrogen-bond donors (Lipinski definition) is 1. The fourth-order valence-electron chi connectivity index (χ4n) is 1.89. The van der Waals surface area contributed by atoms with Gasteiger partial charge in [-0.25, -0.2) is 4.79 Å². The Hall–Kier alpha value is -2.20. The first-order valence-electron chi connectivity index (χ1n) is 5.82. The molecule has 2 rings (SSSR count). The summed E-state index contributed by atoms with van der Waals surface area (Å²) in [6.07, 6.45) is -0.820. The van der Waals surface area contributed by atoms with Gasteiger partial charge in [0.05, 0.1) is 17.2 Å². The number of nitro groups is 1. The molecule has 1 heterocycles. The number of rotatable bonds is 5. The van der Waals surface area contributed by atoms with Crippen LogP contribution in [0.15, 0.2) is 24.3 Å². The Kier molecular flexibility index (Phi) is 4.09. The average molecular weight is 316 g/mol. The Morgan fingerprint density at radius 1 is 1.43 bits per heavy atom. The fourth-order valence-corrected chi connectivity index (χ4v) is 2.51. The molecule has 21 heavy (non-hydrogen) atoms. The number of nitrogens with one attached hydrogen (secondary N) is 1. The number of cyclic esters (lactones) is 1. The van der Waals surface area contributed by atoms with Crippen LogP contribution in [0.25, 0.3) is 0 Å². The molecule has 114 valence electrons. The molecule has 0 bridgehead atoms. The van der Waals surface area contributed by atoms with E-state index in [4.69, 9.17) is 8.92 Å². The molecular formula is C11H12N2O7S. The molecule has 10 heteroatoms. The highest BCUT2D eigenvalue weighted by Gasteiger charge is 2.34. The molecule has 1 aromatic rings. The molecule has 0 aromatic heterocycles. The first-order valence-corrected chi connectivity index (χ1v) is 7.64. The lowest BCUT2D eigenvalue weighted by atomic mass is 10.0. The number of benzene rings is 1. The first-order chi connectivity index (χ1) is 9.76. The number of carbonyl (C=O) groups is 1. The second kappa shape index (κ2) is 5.66. The largest absolute Gasteiger partial charge is 0.447 e. The van der Waals surface area contributed by atoms with Gasteiger partial charge in [0.2, 0.25) is 0 Å². The minimum atomic E-state index is -3.79. The van der Waals surface area contributed by atoms with Crippen LogP contribution in [0.3, 0.4) is 0 Å². The second-order valence-electron chi connectivity index (χ2n) is 4.42. The minimum absolute atomic E-state index is 0.0595. The summed E-state index contributed by atoms with van der Waals surface area (Å²) in [5, 5.41) is 13.0. The highest BCUT2D eigenvalue weighted by molar-refractivity contribution is 7.86. The maximum Gasteiger partial charge on any atom is 0.407 e. The van der Waals surface area contributed by atoms with Crippen LogP contribution in [0.4, 0.5) is 10.5 Å². The van der Waals surface area contributed by atoms with Crippen LogP contribution in [0, 0.1) is 10.1 Å². The van der Waals surface area contributed by atoms with Crippen molar-refractivity contribution in [2.45, 2.75) is 12.1 Å². The molecular weight excluding hydrogens is 304 g/mol. The third-order valence-corrected chi connectivity index (χ3v) is 3.33. The molecule has 0 unspecified atom stereocenters. The summed E-state index contributed by atoms with van der Waals surface area (Å²) in [7, 11) is -3.79. The van der Waals surface area contributed by atoms with Gasteiger partial charge in [-0.1, -0.05) is 0 Å². The van der Waals surface area contributed by atoms with Gasteiger partial charge in [-0.15, -0.1) is 0 Å². The Morgan fingerprint density at radius 3 is 2.48 bits per heavy atom. The zero-order valence-corrected chi connectivity index (χ0v) is 11.7. The number of carbonyl (C=O) groups excluding carboxylic acids is 1. The standard InChI is InChI=1S/C11H12N2O7S/c1-21(17,18)20-10(9-6-19-11(14)12-9)7-2-4-8(5-3-7)13(15)16/h2-5,9-10H,6H2,1H3,(H,12,14)/t9-,10+/m1/s1. The lowest BCUT2D eigenvalue weighted by Crippen LogP contribution is -2.35. The van der Waals surface area contributed by atoms with Crippen molar-refractivity contribution in [3.63, 3.8) is 0 Å². The van der Waals surface area contributed by atoms with E-state index < -0.39 is 33.3 Å². The van der Waals surface area contributed by atoms with Gasteiger partial charge in [0.15, 0.2) is 0 Å². The summed E-state index contributed by atoms with van der Waals surface area (Å²) in [6, 6.07) is 4.50. The van der Waals surface area contributed by atoms with Crippen molar-refractivity contribution in [2.24, 2.45) is 0 Å². The third-order valence-electron chi connectivity index (χ3n) is 2.77. The maximum atomic E-state index is 11.3. The van der Waals surface area contributed by atoms with Crippen LogP contribution in [0.2, 0.25) is 0 Å². The quantitative estimate of drug-likeness (QED) is 0.482. The number of alkyl carbamates (subject to hydrolysis) is 1. The molecule has 0 saturated carbocycles. The molecule has 0 spiro atoms. The topological polar surface area (TPSA) is 125 Å². The van der Waals surface area contributed by atoms with Crippen LogP contribution < -0.4 is 5.32 Å². The highest BCUT2D eigenvalue weighted by Crippen LogP contribution is 2.27. The molecule has 1 aliphatic rings. The monoisotopic (exact) mass is 316 g/mol. The van der Waals surface area contributed by atoms with Crippen molar-refractivity contribution in [3.05, 3.63) is 39.9 Å². The molecule has 0 aliphatic carbocycles. The van der Waals surface area contributed by atoms with Gasteiger partial charge in [-0.3, -0.25) is 14.3 Å². The minimum Gasteiger partial charge on any atom is -0.447 e. The Labute approximate surface area is 120 Å². The summed E-state index contributed by atoms with van der Waals surface area (Å²) in [4.78, 5) is 21.1. The Morgan fingerprint density at radius 2 is 2.05 bits per heavy atom. The van der Waals surface area contributed by atoms with Crippen LogP contribution in [-0.4, -0.2) is 38.3 Å². The number of nitro benzene ring substituents is 1. The van der Waals surface area contributed by atoms with Gasteiger partial charge in [-0.2, -0.15) is 8.42 Å². The number of non-ortho nitro benzene ring substituents is 1. The predicted octanol–water partition coefficient (Wildman–Crippen LogP) is 0.720. The summed E-state index contributed by atoms with van der Waals surface area (Å²) in [6.45, 7) is -0.0595. The Balaban J connectivity index is 2.30. The van der Waals surface area contributed by atoms with Crippen molar-refractivity contribution in [1.82, 2.24) is 5.32 Å². The van der Waals surface area contributed by atoms with Crippen molar-refractivity contribution in [1.29, 1.82) is 0 Å². The summed E-state index contributed by atoms with van der Waals surface area (Å²) in [5.74, 6) is 0. The zero-order valence-electron chi connectivity index (χ0n) is 10.9. The van der Waals surface area contributed by atoms with Gasteiger partial charge in [0.25, 0.3) is 15.8 Å². The molecule has 1 aromatic carbocycles. The van der Waals surface area contributed by atoms with E-state index >= 15 is 0 Å². The van der Waals surface area contributed by atoms with Crippen molar-refractivity contribution in [3.8, 4) is 0 Å². The van der Waals surface area contributed by atoms with E-state index in [9.17, 15) is 23.3 Å². The van der Waals surface area contributed by atoms with Crippen LogP contribution in [0.5, 0.6) is 0 Å². The number of hydrogen-bond acceptors (Lipinski definition) is 7. The van der Waals surface area contributed by atoms with E-state index in [1.165, 1.54) is 24.3 Å². The maximum absolute atomic E-state index is 11.3. The number of nitrogens with zero attached hydrogens (tertiary/aromatic N) is 1. The predicted molar refractivity (Wildman–Crippen MR) is 70.0 cm³/mol. The molecule has 2 atom stereocenters. The molecule has 1 fully saturated rings. The van der Waals surface area contributed by atoms with E-state index in [0.717, 1.165) is 6.26 Å². The van der Waals surface area contributed by atoms with Gasteiger partial charge < -0.3 is 10.1 Å². The van der Waals surface area contributed by atoms with Crippen LogP contribution in [0.1, 0.15) is 11.7 Å². The van der Waals surface area contributed by atoms with Crippen molar-refractivity contribution in [2.75, 3.05) is 12.9 Å². The van der Waals surface area contributed by atoms with E-state index in [-0.39, 0.29) is 12.3 Å². The summed E-state index contributed by atoms with van der Waals surface area (Å²) < 4.78 is 32.4. The second-order valence-corrected chi connectivity index (χ2v) is 6.02. The van der Waals surface area contributed by atoms with Gasteiger partial charge in [0.1, 0.15) is 12.7 Å². The third kappa shape index (κ3) is 3.89. The van der Waals surface area contributed by atoms with Gasteiger partial charge in [0, 0.05) is 12.1 Å². The Bertz CT molecular complexity index is 656. The SMILES string of the molecule is CS(=O)(=O)O[C@@H](c1ccc([N+](=O)[O-])cc1)[C@H]1COC(=O)N1. The summed E-state index contributed by atoms with van der Waals surface area (Å²) >= 11 is 0. The summed E-state index contributed by atoms with van der Waals surface area (Å²) in [5.41, 5.74) is 0.241. The normalized spacial score (nSPS) is 19.7. The van der Waals surface area contributed by atoms with Crippen molar-refractivity contribution >= 4 is 21.9 Å². The first kappa shape index (κ1) is 15.2. The fraction of sp³-hybridized carbons (Fsp3) is 0.364. The lowest BCUT2D eigenvalue weighted by molar-refractivity contribution is -0.384. The molecule has 1 aliphatic heterocycles. The van der Waals surface area contributed by atoms with E-state index in [1.807, 2.05) is 0 Å². The van der Waals surface area contributed by atoms with E-state index in [0.29, 0.717) is 5.56 Å². The molecule has 0 radical (unpaired) electrons. The molecule has 1 amide bonds. The van der Waals surface area contributed by atoms with Crippen LogP contribution >= 0.6 is 0 Å². The lowest BCUT2D eigenvalue weighted by Gasteiger charge is -2.21. The average Bonchev–Trinajstić information content (AvgIpc) is 2.81. The van der Waals surface area contributed by atoms with Gasteiger partial charge >= 0.3 is 6.09 Å². The smallest absolute Gasteiger partial charge is 0.407 e. The van der Waals surface area contributed by atoms with Gasteiger partial charge in [-0.05, 0) is 17.7 Å². The molecule has 9 nitrogen and oxygen atoms in total. The molecule has 1 N–H and O–H groups in total. The highest BCUT2D eigenvalue weighted by atomic mass is 32.2. The van der Waals surface area contributed by atoms with E-state index in [1.54, 1.807) is 0 Å².